The maximum absolute atomic E-state index is 13.9. The summed E-state index contributed by atoms with van der Waals surface area (Å²) in [5.74, 6) is -1.21. The largest absolute Gasteiger partial charge is 0.371 e. The van der Waals surface area contributed by atoms with Crippen molar-refractivity contribution in [2.45, 2.75) is 13.8 Å². The molecule has 0 atom stereocenters. The number of nitrogens with zero attached hydrogens (tertiary/aromatic N) is 2. The van der Waals surface area contributed by atoms with Crippen LogP contribution in [0.4, 0.5) is 15.8 Å². The van der Waals surface area contributed by atoms with Gasteiger partial charge in [-0.05, 0) is 32.0 Å². The molecular formula is C17H17FN2O3. The maximum atomic E-state index is 13.9. The van der Waals surface area contributed by atoms with Crippen molar-refractivity contribution < 1.29 is 14.1 Å². The first-order valence-electron chi connectivity index (χ1n) is 7.32. The summed E-state index contributed by atoms with van der Waals surface area (Å²) in [6, 6.07) is 9.73. The van der Waals surface area contributed by atoms with E-state index in [-0.39, 0.29) is 16.8 Å². The van der Waals surface area contributed by atoms with Crippen LogP contribution in [0.1, 0.15) is 29.8 Å². The highest BCUT2D eigenvalue weighted by Crippen LogP contribution is 2.28. The van der Waals surface area contributed by atoms with E-state index in [2.05, 4.69) is 0 Å². The summed E-state index contributed by atoms with van der Waals surface area (Å²) >= 11 is 0. The lowest BCUT2D eigenvalue weighted by molar-refractivity contribution is -0.384. The van der Waals surface area contributed by atoms with Crippen molar-refractivity contribution >= 4 is 17.2 Å². The summed E-state index contributed by atoms with van der Waals surface area (Å²) < 4.78 is 13.9. The number of ketones is 1. The summed E-state index contributed by atoms with van der Waals surface area (Å²) in [7, 11) is 0. The first kappa shape index (κ1) is 16.6. The van der Waals surface area contributed by atoms with Crippen molar-refractivity contribution in [3.63, 3.8) is 0 Å². The monoisotopic (exact) mass is 316 g/mol. The number of carbonyl (C=O) groups excluding carboxylic acids is 1. The van der Waals surface area contributed by atoms with Gasteiger partial charge in [0.15, 0.2) is 5.78 Å². The van der Waals surface area contributed by atoms with Gasteiger partial charge < -0.3 is 4.90 Å². The molecule has 0 spiro atoms. The Morgan fingerprint density at radius 1 is 1.13 bits per heavy atom. The molecule has 0 aliphatic heterocycles. The van der Waals surface area contributed by atoms with Crippen molar-refractivity contribution in [1.29, 1.82) is 0 Å². The smallest absolute Gasteiger partial charge is 0.270 e. The van der Waals surface area contributed by atoms with Crippen LogP contribution in [0.3, 0.4) is 0 Å². The van der Waals surface area contributed by atoms with Crippen LogP contribution in [0.25, 0.3) is 0 Å². The van der Waals surface area contributed by atoms with E-state index >= 15 is 0 Å². The summed E-state index contributed by atoms with van der Waals surface area (Å²) in [5.41, 5.74) is 0.406. The third kappa shape index (κ3) is 3.36. The average Bonchev–Trinajstić information content (AvgIpc) is 2.56. The van der Waals surface area contributed by atoms with E-state index in [1.807, 2.05) is 18.7 Å². The molecule has 0 radical (unpaired) electrons. The highest BCUT2D eigenvalue weighted by molar-refractivity contribution is 6.13. The van der Waals surface area contributed by atoms with Gasteiger partial charge in [-0.1, -0.05) is 12.1 Å². The number of benzene rings is 2. The zero-order valence-corrected chi connectivity index (χ0v) is 13.0. The Bertz CT molecular complexity index is 742. The standard InChI is InChI=1S/C17H17FN2O3/c1-3-19(4-2)16-10-9-12(20(22)23)11-14(16)17(21)13-7-5-6-8-15(13)18/h5-11H,3-4H2,1-2H3. The molecule has 0 heterocycles. The number of anilines is 1. The Labute approximate surface area is 133 Å². The van der Waals surface area contributed by atoms with Crippen LogP contribution < -0.4 is 4.90 Å². The minimum atomic E-state index is -0.644. The van der Waals surface area contributed by atoms with E-state index in [1.165, 1.54) is 30.3 Å². The van der Waals surface area contributed by atoms with Gasteiger partial charge in [0.05, 0.1) is 16.1 Å². The molecule has 6 heteroatoms. The minimum absolute atomic E-state index is 0.0959. The number of rotatable bonds is 6. The van der Waals surface area contributed by atoms with Gasteiger partial charge >= 0.3 is 0 Å². The van der Waals surface area contributed by atoms with Gasteiger partial charge in [-0.25, -0.2) is 4.39 Å². The van der Waals surface area contributed by atoms with E-state index < -0.39 is 16.5 Å². The number of nitro groups is 1. The van der Waals surface area contributed by atoms with Crippen LogP contribution in [0.2, 0.25) is 0 Å². The summed E-state index contributed by atoms with van der Waals surface area (Å²) in [6.45, 7) is 5.10. The second kappa shape index (κ2) is 7.00. The molecule has 0 aliphatic carbocycles. The molecule has 0 fully saturated rings. The van der Waals surface area contributed by atoms with Crippen molar-refractivity contribution in [2.24, 2.45) is 0 Å². The molecule has 2 aromatic rings. The molecule has 0 N–H and O–H groups in total. The van der Waals surface area contributed by atoms with E-state index in [0.29, 0.717) is 18.8 Å². The minimum Gasteiger partial charge on any atom is -0.371 e. The Morgan fingerprint density at radius 2 is 1.78 bits per heavy atom. The predicted octanol–water partition coefficient (Wildman–Crippen LogP) is 3.81. The van der Waals surface area contributed by atoms with E-state index in [1.54, 1.807) is 12.1 Å². The van der Waals surface area contributed by atoms with Crippen molar-refractivity contribution in [3.05, 3.63) is 69.5 Å². The highest BCUT2D eigenvalue weighted by Gasteiger charge is 2.22. The normalized spacial score (nSPS) is 10.4. The third-order valence-corrected chi connectivity index (χ3v) is 3.66. The fourth-order valence-corrected chi connectivity index (χ4v) is 2.45. The molecule has 5 nitrogen and oxygen atoms in total. The highest BCUT2D eigenvalue weighted by atomic mass is 19.1. The number of hydrogen-bond acceptors (Lipinski definition) is 4. The molecule has 0 aromatic heterocycles. The zero-order valence-electron chi connectivity index (χ0n) is 13.0. The van der Waals surface area contributed by atoms with E-state index in [0.717, 1.165) is 0 Å². The summed E-state index contributed by atoms with van der Waals surface area (Å²) in [5, 5.41) is 11.0. The van der Waals surface area contributed by atoms with Crippen LogP contribution in [0.5, 0.6) is 0 Å². The Balaban J connectivity index is 2.62. The Hall–Kier alpha value is -2.76. The third-order valence-electron chi connectivity index (χ3n) is 3.66. The van der Waals surface area contributed by atoms with Crippen molar-refractivity contribution in [2.75, 3.05) is 18.0 Å². The second-order valence-corrected chi connectivity index (χ2v) is 4.94. The van der Waals surface area contributed by atoms with Crippen LogP contribution in [0.15, 0.2) is 42.5 Å². The second-order valence-electron chi connectivity index (χ2n) is 4.94. The van der Waals surface area contributed by atoms with Crippen LogP contribution in [-0.2, 0) is 0 Å². The fraction of sp³-hybridized carbons (Fsp3) is 0.235. The van der Waals surface area contributed by atoms with Gasteiger partial charge in [-0.3, -0.25) is 14.9 Å². The van der Waals surface area contributed by atoms with Crippen molar-refractivity contribution in [1.82, 2.24) is 0 Å². The number of halogens is 1. The van der Waals surface area contributed by atoms with Crippen molar-refractivity contribution in [3.8, 4) is 0 Å². The Morgan fingerprint density at radius 3 is 2.35 bits per heavy atom. The van der Waals surface area contributed by atoms with E-state index in [9.17, 15) is 19.3 Å². The predicted molar refractivity (Wildman–Crippen MR) is 86.5 cm³/mol. The van der Waals surface area contributed by atoms with Crippen LogP contribution >= 0.6 is 0 Å². The van der Waals surface area contributed by atoms with E-state index in [4.69, 9.17) is 0 Å². The fourth-order valence-electron chi connectivity index (χ4n) is 2.45. The molecule has 0 aliphatic rings. The van der Waals surface area contributed by atoms with Gasteiger partial charge in [-0.2, -0.15) is 0 Å². The molecule has 0 unspecified atom stereocenters. The average molecular weight is 316 g/mol. The van der Waals surface area contributed by atoms with Gasteiger partial charge in [0.1, 0.15) is 5.82 Å². The summed E-state index contributed by atoms with van der Waals surface area (Å²) in [6.07, 6.45) is 0. The first-order valence-corrected chi connectivity index (χ1v) is 7.32. The molecule has 2 rings (SSSR count). The molecule has 23 heavy (non-hydrogen) atoms. The maximum Gasteiger partial charge on any atom is 0.270 e. The number of nitro benzene ring substituents is 1. The summed E-state index contributed by atoms with van der Waals surface area (Å²) in [4.78, 5) is 25.1. The zero-order chi connectivity index (χ0) is 17.0. The Kier molecular flexibility index (Phi) is 5.05. The first-order chi connectivity index (χ1) is 11.0. The van der Waals surface area contributed by atoms with Gasteiger partial charge in [0.25, 0.3) is 5.69 Å². The van der Waals surface area contributed by atoms with Gasteiger partial charge in [0, 0.05) is 30.9 Å². The number of hydrogen-bond donors (Lipinski definition) is 0. The SMILES string of the molecule is CCN(CC)c1ccc([N+](=O)[O-])cc1C(=O)c1ccccc1F. The molecule has 0 amide bonds. The lowest BCUT2D eigenvalue weighted by atomic mass is 9.99. The quantitative estimate of drug-likeness (QED) is 0.462. The number of non-ortho nitro benzene ring substituents is 1. The van der Waals surface area contributed by atoms with Gasteiger partial charge in [0.2, 0.25) is 0 Å². The molecule has 0 bridgehead atoms. The topological polar surface area (TPSA) is 63.4 Å². The lowest BCUT2D eigenvalue weighted by Crippen LogP contribution is -2.24. The van der Waals surface area contributed by atoms with Gasteiger partial charge in [-0.15, -0.1) is 0 Å². The molecule has 120 valence electrons. The molecule has 2 aromatic carbocycles. The molecule has 0 saturated carbocycles. The molecule has 0 saturated heterocycles. The lowest BCUT2D eigenvalue weighted by Gasteiger charge is -2.23. The van der Waals surface area contributed by atoms with Crippen LogP contribution in [0, 0.1) is 15.9 Å². The van der Waals surface area contributed by atoms with Crippen LogP contribution in [-0.4, -0.2) is 23.8 Å². The number of carbonyl (C=O) groups is 1. The molecular weight excluding hydrogens is 299 g/mol.